The molecule has 0 spiro atoms. The lowest BCUT2D eigenvalue weighted by Crippen LogP contribution is -1.76. The lowest BCUT2D eigenvalue weighted by Gasteiger charge is -1.93. The lowest BCUT2D eigenvalue weighted by molar-refractivity contribution is 0.311. The predicted octanol–water partition coefficient (Wildman–Crippen LogP) is 1.59. The summed E-state index contributed by atoms with van der Waals surface area (Å²) in [6, 6.07) is 8.49. The van der Waals surface area contributed by atoms with Gasteiger partial charge in [0.05, 0.1) is 0 Å². The van der Waals surface area contributed by atoms with Crippen molar-refractivity contribution in [3.8, 4) is 0 Å². The third-order valence-electron chi connectivity index (χ3n) is 1.69. The Kier molecular flexibility index (Phi) is 2.83. The molecule has 1 aliphatic rings. The van der Waals surface area contributed by atoms with Crippen molar-refractivity contribution < 1.29 is 5.21 Å². The highest BCUT2D eigenvalue weighted by atomic mass is 16.4. The van der Waals surface area contributed by atoms with Crippen molar-refractivity contribution in [2.24, 2.45) is 5.90 Å². The SMILES string of the molecule is C1=Cc2ccccc2C1.NO. The van der Waals surface area contributed by atoms with Crippen LogP contribution in [-0.2, 0) is 6.42 Å². The monoisotopic (exact) mass is 149 g/mol. The zero-order chi connectivity index (χ0) is 8.10. The number of allylic oxidation sites excluding steroid dienone is 1. The van der Waals surface area contributed by atoms with Crippen LogP contribution in [0.2, 0.25) is 0 Å². The maximum absolute atomic E-state index is 6.50. The molecule has 11 heavy (non-hydrogen) atoms. The average Bonchev–Trinajstić information content (AvgIpc) is 2.55. The molecule has 1 aromatic carbocycles. The highest BCUT2D eigenvalue weighted by molar-refractivity contribution is 5.59. The molecular weight excluding hydrogens is 138 g/mol. The number of hydrogen-bond donors (Lipinski definition) is 2. The molecule has 2 nitrogen and oxygen atoms in total. The van der Waals surface area contributed by atoms with E-state index in [4.69, 9.17) is 5.21 Å². The van der Waals surface area contributed by atoms with Gasteiger partial charge in [-0.05, 0) is 17.5 Å². The van der Waals surface area contributed by atoms with Crippen LogP contribution < -0.4 is 5.90 Å². The van der Waals surface area contributed by atoms with Gasteiger partial charge in [-0.1, -0.05) is 36.4 Å². The molecule has 0 saturated carbocycles. The van der Waals surface area contributed by atoms with Crippen molar-refractivity contribution in [3.63, 3.8) is 0 Å². The first kappa shape index (κ1) is 7.98. The Balaban J connectivity index is 0.000000281. The molecule has 3 N–H and O–H groups in total. The van der Waals surface area contributed by atoms with Gasteiger partial charge in [0.2, 0.25) is 0 Å². The van der Waals surface area contributed by atoms with E-state index < -0.39 is 0 Å². The van der Waals surface area contributed by atoms with Crippen LogP contribution in [0.5, 0.6) is 0 Å². The quantitative estimate of drug-likeness (QED) is 0.550. The van der Waals surface area contributed by atoms with Gasteiger partial charge >= 0.3 is 0 Å². The van der Waals surface area contributed by atoms with E-state index in [1.165, 1.54) is 11.1 Å². The van der Waals surface area contributed by atoms with E-state index in [0.29, 0.717) is 0 Å². The molecule has 0 atom stereocenters. The largest absolute Gasteiger partial charge is 0.320 e. The zero-order valence-electron chi connectivity index (χ0n) is 6.20. The van der Waals surface area contributed by atoms with Gasteiger partial charge in [0.1, 0.15) is 0 Å². The van der Waals surface area contributed by atoms with Crippen molar-refractivity contribution >= 4 is 6.08 Å². The van der Waals surface area contributed by atoms with Crippen molar-refractivity contribution in [1.82, 2.24) is 0 Å². The maximum atomic E-state index is 6.50. The number of rotatable bonds is 0. The third-order valence-corrected chi connectivity index (χ3v) is 1.69. The summed E-state index contributed by atoms with van der Waals surface area (Å²) >= 11 is 0. The first-order valence-electron chi connectivity index (χ1n) is 3.47. The Morgan fingerprint density at radius 2 is 1.91 bits per heavy atom. The molecular formula is C9H11NO. The van der Waals surface area contributed by atoms with Gasteiger partial charge in [-0.15, -0.1) is 0 Å². The summed E-state index contributed by atoms with van der Waals surface area (Å²) in [5.74, 6) is 3.50. The van der Waals surface area contributed by atoms with Gasteiger partial charge in [-0.2, -0.15) is 0 Å². The molecule has 0 unspecified atom stereocenters. The Morgan fingerprint density at radius 3 is 2.64 bits per heavy atom. The highest BCUT2D eigenvalue weighted by Crippen LogP contribution is 2.17. The maximum Gasteiger partial charge on any atom is -0.00882 e. The number of nitrogens with two attached hydrogens (primary N) is 1. The van der Waals surface area contributed by atoms with Crippen LogP contribution in [0.15, 0.2) is 30.3 Å². The predicted molar refractivity (Wildman–Crippen MR) is 45.2 cm³/mol. The minimum absolute atomic E-state index is 1.12. The van der Waals surface area contributed by atoms with Crippen LogP contribution >= 0.6 is 0 Å². The number of fused-ring (bicyclic) bond motifs is 1. The van der Waals surface area contributed by atoms with Crippen molar-refractivity contribution in [2.75, 3.05) is 0 Å². The minimum atomic E-state index is 1.12. The summed E-state index contributed by atoms with van der Waals surface area (Å²) < 4.78 is 0. The first-order chi connectivity index (χ1) is 5.47. The van der Waals surface area contributed by atoms with Crippen molar-refractivity contribution in [2.45, 2.75) is 6.42 Å². The van der Waals surface area contributed by atoms with E-state index in [-0.39, 0.29) is 0 Å². The molecule has 0 fully saturated rings. The molecule has 0 heterocycles. The molecule has 2 rings (SSSR count). The smallest absolute Gasteiger partial charge is 0.00882 e. The minimum Gasteiger partial charge on any atom is -0.320 e. The molecule has 0 aromatic heterocycles. The van der Waals surface area contributed by atoms with Gasteiger partial charge in [0, 0.05) is 0 Å². The fourth-order valence-electron chi connectivity index (χ4n) is 1.20. The lowest BCUT2D eigenvalue weighted by atomic mass is 10.1. The normalized spacial score (nSPS) is 11.8. The standard InChI is InChI=1S/C9H8.H3NO/c1-2-5-9-7-3-6-8(9)4-1;1-2/h1-6H,7H2;2H,1H2. The summed E-state index contributed by atoms with van der Waals surface area (Å²) in [5.41, 5.74) is 2.84. The second kappa shape index (κ2) is 3.91. The van der Waals surface area contributed by atoms with Crippen LogP contribution in [0.25, 0.3) is 6.08 Å². The van der Waals surface area contributed by atoms with E-state index in [2.05, 4.69) is 42.3 Å². The second-order valence-corrected chi connectivity index (χ2v) is 2.31. The topological polar surface area (TPSA) is 46.2 Å². The molecule has 0 saturated heterocycles. The van der Waals surface area contributed by atoms with Crippen molar-refractivity contribution in [3.05, 3.63) is 41.5 Å². The molecule has 1 aliphatic carbocycles. The van der Waals surface area contributed by atoms with E-state index in [0.717, 1.165) is 6.42 Å². The van der Waals surface area contributed by atoms with E-state index in [9.17, 15) is 0 Å². The summed E-state index contributed by atoms with van der Waals surface area (Å²) in [7, 11) is 0. The summed E-state index contributed by atoms with van der Waals surface area (Å²) in [6.45, 7) is 0. The van der Waals surface area contributed by atoms with Gasteiger partial charge in [-0.3, -0.25) is 0 Å². The Morgan fingerprint density at radius 1 is 1.18 bits per heavy atom. The highest BCUT2D eigenvalue weighted by Gasteiger charge is 2.00. The second-order valence-electron chi connectivity index (χ2n) is 2.31. The molecule has 0 bridgehead atoms. The van der Waals surface area contributed by atoms with Crippen LogP contribution in [0.3, 0.4) is 0 Å². The summed E-state index contributed by atoms with van der Waals surface area (Å²) in [5, 5.41) is 6.50. The van der Waals surface area contributed by atoms with Crippen LogP contribution in [0, 0.1) is 0 Å². The van der Waals surface area contributed by atoms with Gasteiger partial charge < -0.3 is 5.21 Å². The van der Waals surface area contributed by atoms with Crippen LogP contribution in [0.1, 0.15) is 11.1 Å². The Bertz CT molecular complexity index is 255. The molecule has 1 aromatic rings. The van der Waals surface area contributed by atoms with E-state index in [1.807, 2.05) is 0 Å². The van der Waals surface area contributed by atoms with Gasteiger partial charge in [0.15, 0.2) is 0 Å². The van der Waals surface area contributed by atoms with Gasteiger partial charge in [-0.25, -0.2) is 5.90 Å². The first-order valence-corrected chi connectivity index (χ1v) is 3.47. The summed E-state index contributed by atoms with van der Waals surface area (Å²) in [4.78, 5) is 0. The van der Waals surface area contributed by atoms with Crippen LogP contribution in [-0.4, -0.2) is 5.21 Å². The van der Waals surface area contributed by atoms with E-state index in [1.54, 1.807) is 0 Å². The Labute approximate surface area is 65.9 Å². The van der Waals surface area contributed by atoms with Crippen molar-refractivity contribution in [1.29, 1.82) is 0 Å². The van der Waals surface area contributed by atoms with Crippen LogP contribution in [0.4, 0.5) is 0 Å². The molecule has 0 radical (unpaired) electrons. The van der Waals surface area contributed by atoms with Gasteiger partial charge in [0.25, 0.3) is 0 Å². The molecule has 58 valence electrons. The number of benzene rings is 1. The fourth-order valence-corrected chi connectivity index (χ4v) is 1.20. The average molecular weight is 149 g/mol. The zero-order valence-corrected chi connectivity index (χ0v) is 6.20. The molecule has 0 amide bonds. The van der Waals surface area contributed by atoms with E-state index >= 15 is 0 Å². The number of hydrogen-bond acceptors (Lipinski definition) is 2. The fraction of sp³-hybridized carbons (Fsp3) is 0.111. The third kappa shape index (κ3) is 1.67. The Hall–Kier alpha value is -1.12. The molecule has 0 aliphatic heterocycles. The molecule has 2 heteroatoms. The summed E-state index contributed by atoms with van der Waals surface area (Å²) in [6.07, 6.45) is 5.50.